The van der Waals surface area contributed by atoms with Crippen molar-refractivity contribution in [3.63, 3.8) is 0 Å². The first-order chi connectivity index (χ1) is 6.43. The molecule has 80 valence electrons. The first kappa shape index (κ1) is 11.1. The number of tetrazole rings is 1. The first-order valence-electron chi connectivity index (χ1n) is 4.61. The number of aliphatic hydroxyl groups is 1. The van der Waals surface area contributed by atoms with Gasteiger partial charge in [-0.3, -0.25) is 0 Å². The van der Waals surface area contributed by atoms with Crippen molar-refractivity contribution in [3.8, 4) is 0 Å². The summed E-state index contributed by atoms with van der Waals surface area (Å²) in [5.74, 6) is 0.526. The standard InChI is InChI=1S/C8H17N5O/c1-8(2,3)13-11-7(10-12-13)4-6(14)5-9/h6,14H,4-5,9H2,1-3H3. The Morgan fingerprint density at radius 3 is 2.57 bits per heavy atom. The Morgan fingerprint density at radius 2 is 2.14 bits per heavy atom. The number of hydrogen-bond donors (Lipinski definition) is 2. The quantitative estimate of drug-likeness (QED) is 0.671. The maximum Gasteiger partial charge on any atom is 0.177 e. The number of aromatic nitrogens is 4. The van der Waals surface area contributed by atoms with Crippen molar-refractivity contribution >= 4 is 0 Å². The van der Waals surface area contributed by atoms with E-state index >= 15 is 0 Å². The van der Waals surface area contributed by atoms with Crippen LogP contribution in [0.1, 0.15) is 26.6 Å². The lowest BCUT2D eigenvalue weighted by Gasteiger charge is -2.15. The molecule has 6 nitrogen and oxygen atoms in total. The highest BCUT2D eigenvalue weighted by Gasteiger charge is 2.17. The molecular formula is C8H17N5O. The fourth-order valence-corrected chi connectivity index (χ4v) is 0.903. The van der Waals surface area contributed by atoms with E-state index in [1.807, 2.05) is 20.8 Å². The summed E-state index contributed by atoms with van der Waals surface area (Å²) < 4.78 is 0. The van der Waals surface area contributed by atoms with Crippen molar-refractivity contribution in [1.82, 2.24) is 20.2 Å². The molecule has 0 aliphatic rings. The second-order valence-corrected chi connectivity index (χ2v) is 4.26. The van der Waals surface area contributed by atoms with E-state index < -0.39 is 6.10 Å². The van der Waals surface area contributed by atoms with Crippen LogP contribution in [0.25, 0.3) is 0 Å². The van der Waals surface area contributed by atoms with Gasteiger partial charge in [0.05, 0.1) is 11.6 Å². The summed E-state index contributed by atoms with van der Waals surface area (Å²) in [5, 5.41) is 21.2. The van der Waals surface area contributed by atoms with Crippen LogP contribution < -0.4 is 5.73 Å². The van der Waals surface area contributed by atoms with Gasteiger partial charge in [0.25, 0.3) is 0 Å². The van der Waals surface area contributed by atoms with Crippen molar-refractivity contribution in [2.45, 2.75) is 38.8 Å². The Morgan fingerprint density at radius 1 is 1.50 bits per heavy atom. The third-order valence-electron chi connectivity index (χ3n) is 1.75. The highest BCUT2D eigenvalue weighted by Crippen LogP contribution is 2.09. The van der Waals surface area contributed by atoms with E-state index in [4.69, 9.17) is 5.73 Å². The number of hydrogen-bond acceptors (Lipinski definition) is 5. The summed E-state index contributed by atoms with van der Waals surface area (Å²) >= 11 is 0. The van der Waals surface area contributed by atoms with Crippen LogP contribution >= 0.6 is 0 Å². The summed E-state index contributed by atoms with van der Waals surface area (Å²) in [6.07, 6.45) is -0.236. The van der Waals surface area contributed by atoms with Gasteiger partial charge in [-0.2, -0.15) is 4.80 Å². The van der Waals surface area contributed by atoms with Crippen LogP contribution in [0.15, 0.2) is 0 Å². The minimum atomic E-state index is -0.590. The zero-order valence-corrected chi connectivity index (χ0v) is 8.80. The third kappa shape index (κ3) is 2.74. The maximum atomic E-state index is 9.28. The molecule has 0 radical (unpaired) electrons. The number of nitrogens with zero attached hydrogens (tertiary/aromatic N) is 4. The normalized spacial score (nSPS) is 14.4. The van der Waals surface area contributed by atoms with Crippen LogP contribution in [-0.4, -0.2) is 38.0 Å². The van der Waals surface area contributed by atoms with E-state index in [2.05, 4.69) is 15.4 Å². The van der Waals surface area contributed by atoms with E-state index in [-0.39, 0.29) is 12.1 Å². The molecule has 0 bridgehead atoms. The van der Waals surface area contributed by atoms with Gasteiger partial charge in [0.15, 0.2) is 5.82 Å². The van der Waals surface area contributed by atoms with E-state index in [0.717, 1.165) is 0 Å². The molecule has 0 aromatic carbocycles. The molecule has 1 unspecified atom stereocenters. The molecule has 6 heteroatoms. The van der Waals surface area contributed by atoms with Gasteiger partial charge in [0.1, 0.15) is 0 Å². The molecule has 0 amide bonds. The van der Waals surface area contributed by atoms with E-state index in [0.29, 0.717) is 12.2 Å². The largest absolute Gasteiger partial charge is 0.391 e. The molecule has 0 saturated heterocycles. The van der Waals surface area contributed by atoms with Gasteiger partial charge in [-0.15, -0.1) is 10.2 Å². The van der Waals surface area contributed by atoms with Crippen LogP contribution in [0.4, 0.5) is 0 Å². The minimum absolute atomic E-state index is 0.182. The van der Waals surface area contributed by atoms with Crippen LogP contribution in [0, 0.1) is 0 Å². The number of nitrogens with two attached hydrogens (primary N) is 1. The summed E-state index contributed by atoms with van der Waals surface area (Å²) in [6, 6.07) is 0. The highest BCUT2D eigenvalue weighted by molar-refractivity contribution is 4.82. The van der Waals surface area contributed by atoms with Crippen LogP contribution in [0.5, 0.6) is 0 Å². The highest BCUT2D eigenvalue weighted by atomic mass is 16.3. The zero-order valence-electron chi connectivity index (χ0n) is 8.80. The van der Waals surface area contributed by atoms with Gasteiger partial charge in [-0.1, -0.05) is 0 Å². The van der Waals surface area contributed by atoms with E-state index in [9.17, 15) is 5.11 Å². The molecule has 1 aromatic heterocycles. The molecule has 0 saturated carbocycles. The van der Waals surface area contributed by atoms with Crippen LogP contribution in [0.3, 0.4) is 0 Å². The topological polar surface area (TPSA) is 89.8 Å². The molecule has 3 N–H and O–H groups in total. The van der Waals surface area contributed by atoms with Crippen LogP contribution in [-0.2, 0) is 12.0 Å². The number of aliphatic hydroxyl groups excluding tert-OH is 1. The lowest BCUT2D eigenvalue weighted by molar-refractivity contribution is 0.180. The molecule has 1 aromatic rings. The third-order valence-corrected chi connectivity index (χ3v) is 1.75. The van der Waals surface area contributed by atoms with Gasteiger partial charge < -0.3 is 10.8 Å². The van der Waals surface area contributed by atoms with E-state index in [1.165, 1.54) is 4.80 Å². The summed E-state index contributed by atoms with van der Waals surface area (Å²) in [4.78, 5) is 1.53. The molecule has 1 heterocycles. The first-order valence-corrected chi connectivity index (χ1v) is 4.61. The molecule has 0 spiro atoms. The predicted molar refractivity (Wildman–Crippen MR) is 51.6 cm³/mol. The summed E-state index contributed by atoms with van der Waals surface area (Å²) in [7, 11) is 0. The SMILES string of the molecule is CC(C)(C)n1nnc(CC(O)CN)n1. The average Bonchev–Trinajstić information content (AvgIpc) is 2.51. The molecule has 1 rings (SSSR count). The van der Waals surface area contributed by atoms with Crippen molar-refractivity contribution in [2.24, 2.45) is 5.73 Å². The molecule has 14 heavy (non-hydrogen) atoms. The van der Waals surface area contributed by atoms with Gasteiger partial charge in [-0.25, -0.2) is 0 Å². The Bertz CT molecular complexity index is 290. The Balaban J connectivity index is 2.69. The summed E-state index contributed by atoms with van der Waals surface area (Å²) in [5.41, 5.74) is 5.10. The van der Waals surface area contributed by atoms with Crippen molar-refractivity contribution in [2.75, 3.05) is 6.54 Å². The van der Waals surface area contributed by atoms with Gasteiger partial charge in [0.2, 0.25) is 0 Å². The van der Waals surface area contributed by atoms with Crippen molar-refractivity contribution in [1.29, 1.82) is 0 Å². The minimum Gasteiger partial charge on any atom is -0.391 e. The predicted octanol–water partition coefficient (Wildman–Crippen LogP) is -0.710. The lowest BCUT2D eigenvalue weighted by Crippen LogP contribution is -2.25. The van der Waals surface area contributed by atoms with Crippen molar-refractivity contribution in [3.05, 3.63) is 5.82 Å². The van der Waals surface area contributed by atoms with Crippen LogP contribution in [0.2, 0.25) is 0 Å². The molecular weight excluding hydrogens is 182 g/mol. The smallest absolute Gasteiger partial charge is 0.177 e. The van der Waals surface area contributed by atoms with Crippen molar-refractivity contribution < 1.29 is 5.11 Å². The van der Waals surface area contributed by atoms with E-state index in [1.54, 1.807) is 0 Å². The Hall–Kier alpha value is -1.01. The lowest BCUT2D eigenvalue weighted by atomic mass is 10.1. The zero-order chi connectivity index (χ0) is 10.8. The second-order valence-electron chi connectivity index (χ2n) is 4.26. The second kappa shape index (κ2) is 4.02. The Kier molecular flexibility index (Phi) is 3.17. The fraction of sp³-hybridized carbons (Fsp3) is 0.875. The fourth-order valence-electron chi connectivity index (χ4n) is 0.903. The molecule has 0 aliphatic heterocycles. The Labute approximate surface area is 83.1 Å². The molecule has 0 aliphatic carbocycles. The van der Waals surface area contributed by atoms with Gasteiger partial charge in [-0.05, 0) is 26.0 Å². The average molecular weight is 199 g/mol. The molecule has 1 atom stereocenters. The number of rotatable bonds is 3. The maximum absolute atomic E-state index is 9.28. The van der Waals surface area contributed by atoms with Gasteiger partial charge >= 0.3 is 0 Å². The monoisotopic (exact) mass is 199 g/mol. The summed E-state index contributed by atoms with van der Waals surface area (Å²) in [6.45, 7) is 6.16. The van der Waals surface area contributed by atoms with Gasteiger partial charge in [0, 0.05) is 13.0 Å². The molecule has 0 fully saturated rings.